The number of carboxylic acid groups (broad SMARTS) is 1. The van der Waals surface area contributed by atoms with Crippen molar-refractivity contribution in [3.8, 4) is 0 Å². The predicted octanol–water partition coefficient (Wildman–Crippen LogP) is 6.13. The van der Waals surface area contributed by atoms with Gasteiger partial charge in [0.2, 0.25) is 14.3 Å². The molecule has 0 unspecified atom stereocenters. The van der Waals surface area contributed by atoms with Gasteiger partial charge in [-0.3, -0.25) is 4.79 Å². The largest absolute Gasteiger partial charge is 0.481 e. The van der Waals surface area contributed by atoms with Crippen LogP contribution in [0.25, 0.3) is 11.0 Å². The number of anilines is 1. The molecule has 172 valence electrons. The van der Waals surface area contributed by atoms with Gasteiger partial charge in [-0.05, 0) is 60.0 Å². The van der Waals surface area contributed by atoms with E-state index >= 15 is 0 Å². The van der Waals surface area contributed by atoms with Crippen molar-refractivity contribution >= 4 is 31.3 Å². The molecule has 1 aromatic carbocycles. The smallest absolute Gasteiger partial charge is 0.306 e. The third-order valence-corrected chi connectivity index (χ3v) is 13.4. The fraction of sp³-hybridized carbons (Fsp3) is 0.667. The summed E-state index contributed by atoms with van der Waals surface area (Å²) >= 11 is 0. The highest BCUT2D eigenvalue weighted by Crippen LogP contribution is 2.43. The van der Waals surface area contributed by atoms with Crippen molar-refractivity contribution in [1.82, 2.24) is 9.55 Å². The highest BCUT2D eigenvalue weighted by atomic mass is 28.4. The fourth-order valence-corrected chi connectivity index (χ4v) is 11.3. The maximum Gasteiger partial charge on any atom is 0.306 e. The van der Waals surface area contributed by atoms with Crippen LogP contribution in [0, 0.1) is 5.92 Å². The first-order chi connectivity index (χ1) is 14.6. The molecule has 6 nitrogen and oxygen atoms in total. The van der Waals surface area contributed by atoms with Gasteiger partial charge in [-0.1, -0.05) is 47.6 Å². The second kappa shape index (κ2) is 9.33. The summed E-state index contributed by atoms with van der Waals surface area (Å²) in [5.41, 5.74) is 11.0. The van der Waals surface area contributed by atoms with E-state index in [4.69, 9.17) is 10.2 Å². The molecule has 1 fully saturated rings. The Morgan fingerprint density at radius 1 is 1.13 bits per heavy atom. The third kappa shape index (κ3) is 4.53. The van der Waals surface area contributed by atoms with Crippen LogP contribution in [0.3, 0.4) is 0 Å². The molecule has 2 aromatic rings. The lowest BCUT2D eigenvalue weighted by Gasteiger charge is -2.42. The number of carbonyl (C=O) groups is 1. The van der Waals surface area contributed by atoms with Crippen LogP contribution < -0.4 is 5.73 Å². The molecule has 0 radical (unpaired) electrons. The van der Waals surface area contributed by atoms with Crippen molar-refractivity contribution in [2.75, 3.05) is 5.73 Å². The first-order valence-electron chi connectivity index (χ1n) is 11.7. The number of nitrogen functional groups attached to an aromatic ring is 1. The van der Waals surface area contributed by atoms with Gasteiger partial charge in [0.25, 0.3) is 0 Å². The Kier molecular flexibility index (Phi) is 7.16. The van der Waals surface area contributed by atoms with Crippen molar-refractivity contribution in [3.63, 3.8) is 0 Å². The Labute approximate surface area is 187 Å². The van der Waals surface area contributed by atoms with Crippen molar-refractivity contribution in [1.29, 1.82) is 0 Å². The number of fused-ring (bicyclic) bond motifs is 1. The molecule has 0 spiro atoms. The van der Waals surface area contributed by atoms with E-state index in [-0.39, 0.29) is 12.0 Å². The van der Waals surface area contributed by atoms with Crippen LogP contribution in [-0.4, -0.2) is 28.9 Å². The van der Waals surface area contributed by atoms with Crippen molar-refractivity contribution in [2.24, 2.45) is 5.92 Å². The quantitative estimate of drug-likeness (QED) is 0.477. The average molecular weight is 446 g/mol. The summed E-state index contributed by atoms with van der Waals surface area (Å²) in [5, 5.41) is 9.30. The summed E-state index contributed by atoms with van der Waals surface area (Å²) in [6.07, 6.45) is 3.01. The van der Waals surface area contributed by atoms with Crippen molar-refractivity contribution < 1.29 is 14.3 Å². The van der Waals surface area contributed by atoms with Crippen LogP contribution in [0.4, 0.5) is 5.95 Å². The highest BCUT2D eigenvalue weighted by Gasteiger charge is 2.45. The molecule has 0 saturated heterocycles. The topological polar surface area (TPSA) is 90.4 Å². The molecule has 1 heterocycles. The zero-order valence-electron chi connectivity index (χ0n) is 19.9. The molecule has 0 bridgehead atoms. The molecule has 1 aliphatic rings. The van der Waals surface area contributed by atoms with Crippen LogP contribution in [0.5, 0.6) is 0 Å². The number of nitrogens with zero attached hydrogens (tertiary/aromatic N) is 2. The Morgan fingerprint density at radius 2 is 1.71 bits per heavy atom. The molecular weight excluding hydrogens is 406 g/mol. The van der Waals surface area contributed by atoms with E-state index in [2.05, 4.69) is 63.2 Å². The minimum absolute atomic E-state index is 0.201. The number of benzene rings is 1. The maximum atomic E-state index is 11.3. The van der Waals surface area contributed by atoms with E-state index in [1.165, 1.54) is 0 Å². The number of nitrogens with two attached hydrogens (primary N) is 1. The fourth-order valence-electron chi connectivity index (χ4n) is 5.92. The van der Waals surface area contributed by atoms with E-state index in [9.17, 15) is 9.90 Å². The Hall–Kier alpha value is -1.86. The summed E-state index contributed by atoms with van der Waals surface area (Å²) in [6, 6.07) is 6.50. The first kappa shape index (κ1) is 23.8. The van der Waals surface area contributed by atoms with Gasteiger partial charge in [-0.15, -0.1) is 0 Å². The zero-order chi connectivity index (χ0) is 22.9. The maximum absolute atomic E-state index is 11.3. The summed E-state index contributed by atoms with van der Waals surface area (Å²) in [7, 11) is -1.94. The van der Waals surface area contributed by atoms with E-state index in [1.54, 1.807) is 0 Å². The standard InChI is InChI=1S/C24H39N3O3Si/c1-15(2)31(16(3)4,17(5)6)30-14-18-7-12-21-22(13-18)27(24(25)26-21)20-10-8-19(9-11-20)23(28)29/h7,12-13,15-17,19-20H,8-11,14H2,1-6H3,(H2,25,26)(H,28,29). The molecule has 7 heteroatoms. The number of imidazole rings is 1. The van der Waals surface area contributed by atoms with Crippen molar-refractivity contribution in [2.45, 2.75) is 96.5 Å². The average Bonchev–Trinajstić information content (AvgIpc) is 3.02. The molecule has 0 aliphatic heterocycles. The lowest BCUT2D eigenvalue weighted by molar-refractivity contribution is -0.143. The van der Waals surface area contributed by atoms with Gasteiger partial charge in [0, 0.05) is 6.04 Å². The molecule has 1 aromatic heterocycles. The SMILES string of the molecule is CC(C)[Si](OCc1ccc2nc(N)n(C3CCC(C(=O)O)CC3)c2c1)(C(C)C)C(C)C. The van der Waals surface area contributed by atoms with Gasteiger partial charge in [0.05, 0.1) is 23.6 Å². The molecule has 1 saturated carbocycles. The number of hydrogen-bond donors (Lipinski definition) is 2. The number of aromatic nitrogens is 2. The van der Waals surface area contributed by atoms with E-state index < -0.39 is 14.3 Å². The van der Waals surface area contributed by atoms with Gasteiger partial charge >= 0.3 is 5.97 Å². The van der Waals surface area contributed by atoms with Crippen LogP contribution >= 0.6 is 0 Å². The Bertz CT molecular complexity index is 892. The minimum atomic E-state index is -1.94. The number of aliphatic carboxylic acids is 1. The lowest BCUT2D eigenvalue weighted by Crippen LogP contribution is -2.47. The molecule has 3 N–H and O–H groups in total. The highest BCUT2D eigenvalue weighted by molar-refractivity contribution is 6.77. The third-order valence-electron chi connectivity index (χ3n) is 7.39. The summed E-state index contributed by atoms with van der Waals surface area (Å²) < 4.78 is 8.91. The molecule has 0 atom stereocenters. The number of carboxylic acids is 1. The van der Waals surface area contributed by atoms with Crippen LogP contribution in [0.1, 0.15) is 78.8 Å². The molecule has 3 rings (SSSR count). The Morgan fingerprint density at radius 3 is 2.23 bits per heavy atom. The normalized spacial score (nSPS) is 20.3. The summed E-state index contributed by atoms with van der Waals surface area (Å²) in [4.78, 5) is 15.9. The van der Waals surface area contributed by atoms with Gasteiger partial charge < -0.3 is 19.8 Å². The van der Waals surface area contributed by atoms with Crippen molar-refractivity contribution in [3.05, 3.63) is 23.8 Å². The second-order valence-corrected chi connectivity index (χ2v) is 15.6. The van der Waals surface area contributed by atoms with Gasteiger partial charge in [-0.2, -0.15) is 0 Å². The van der Waals surface area contributed by atoms with E-state index in [0.29, 0.717) is 42.0 Å². The van der Waals surface area contributed by atoms with Gasteiger partial charge in [0.15, 0.2) is 0 Å². The predicted molar refractivity (Wildman–Crippen MR) is 129 cm³/mol. The molecule has 31 heavy (non-hydrogen) atoms. The van der Waals surface area contributed by atoms with Crippen LogP contribution in [-0.2, 0) is 15.8 Å². The van der Waals surface area contributed by atoms with E-state index in [1.807, 2.05) is 6.07 Å². The summed E-state index contributed by atoms with van der Waals surface area (Å²) in [6.45, 7) is 14.4. The Balaban J connectivity index is 1.86. The van der Waals surface area contributed by atoms with E-state index in [0.717, 1.165) is 29.4 Å². The zero-order valence-corrected chi connectivity index (χ0v) is 20.9. The number of rotatable bonds is 8. The number of hydrogen-bond acceptors (Lipinski definition) is 4. The van der Waals surface area contributed by atoms with Gasteiger partial charge in [0.1, 0.15) is 0 Å². The monoisotopic (exact) mass is 445 g/mol. The molecule has 0 amide bonds. The minimum Gasteiger partial charge on any atom is -0.481 e. The first-order valence-corrected chi connectivity index (χ1v) is 13.8. The summed E-state index contributed by atoms with van der Waals surface area (Å²) in [5.74, 6) is -0.408. The van der Waals surface area contributed by atoms with Gasteiger partial charge in [-0.25, -0.2) is 4.98 Å². The second-order valence-electron chi connectivity index (χ2n) is 10.1. The van der Waals surface area contributed by atoms with Crippen LogP contribution in [0.15, 0.2) is 18.2 Å². The molecule has 1 aliphatic carbocycles. The lowest BCUT2D eigenvalue weighted by atomic mass is 9.86. The van der Waals surface area contributed by atoms with Crippen LogP contribution in [0.2, 0.25) is 16.6 Å². The molecular formula is C24H39N3O3Si.